The summed E-state index contributed by atoms with van der Waals surface area (Å²) in [6, 6.07) is 3.61. The lowest BCUT2D eigenvalue weighted by molar-refractivity contribution is -0.151. The van der Waals surface area contributed by atoms with Crippen LogP contribution in [0.4, 0.5) is 4.79 Å². The molecule has 2 aromatic rings. The number of ether oxygens (including phenoxy) is 3. The predicted octanol–water partition coefficient (Wildman–Crippen LogP) is 4.50. The van der Waals surface area contributed by atoms with Crippen molar-refractivity contribution in [2.75, 3.05) is 13.7 Å². The zero-order valence-corrected chi connectivity index (χ0v) is 25.0. The Morgan fingerprint density at radius 3 is 2.53 bits per heavy atom. The standard InChI is InChI=1S/C32H42N4O7/c1-3-21-26-17-36(28(21)31(38)39)30(37)27(18-9-7-8-10-18)35-32(40)43-25-15-19(25)11-5-4-6-12-23-29(42-26)34-24-16-20(41-2)13-14-22(24)33-23/h13-14,16,18-19,21,25-28H,3-12,15,17H2,1-2H3,(H,35,40)(H,38,39)/t19-,21?,25-,26+,27+,28+/m1/s1. The molecule has 43 heavy (non-hydrogen) atoms. The number of carbonyl (C=O) groups excluding carboxylic acids is 2. The van der Waals surface area contributed by atoms with E-state index in [2.05, 4.69) is 5.32 Å². The molecule has 2 bridgehead atoms. The molecule has 1 aromatic carbocycles. The monoisotopic (exact) mass is 594 g/mol. The second-order valence-electron chi connectivity index (χ2n) is 12.5. The molecule has 2 N–H and O–H groups in total. The smallest absolute Gasteiger partial charge is 0.408 e. The molecule has 3 heterocycles. The van der Waals surface area contributed by atoms with E-state index in [-0.39, 0.29) is 24.5 Å². The summed E-state index contributed by atoms with van der Waals surface area (Å²) in [6.07, 6.45) is 8.06. The summed E-state index contributed by atoms with van der Waals surface area (Å²) in [5.74, 6) is -0.644. The first-order chi connectivity index (χ1) is 20.9. The fourth-order valence-corrected chi connectivity index (χ4v) is 7.31. The summed E-state index contributed by atoms with van der Waals surface area (Å²) in [7, 11) is 1.60. The summed E-state index contributed by atoms with van der Waals surface area (Å²) in [5, 5.41) is 13.2. The average molecular weight is 595 g/mol. The molecule has 1 unspecified atom stereocenters. The molecule has 232 valence electrons. The molecular weight excluding hydrogens is 552 g/mol. The number of hydrogen-bond acceptors (Lipinski definition) is 8. The highest BCUT2D eigenvalue weighted by molar-refractivity contribution is 5.90. The number of carboxylic acid groups (broad SMARTS) is 1. The van der Waals surface area contributed by atoms with E-state index >= 15 is 0 Å². The number of carbonyl (C=O) groups is 3. The maximum absolute atomic E-state index is 14.2. The molecule has 11 heteroatoms. The lowest BCUT2D eigenvalue weighted by Crippen LogP contribution is -2.55. The number of carboxylic acids is 1. The Morgan fingerprint density at radius 1 is 1.02 bits per heavy atom. The Balaban J connectivity index is 1.36. The summed E-state index contributed by atoms with van der Waals surface area (Å²) >= 11 is 0. The van der Waals surface area contributed by atoms with Gasteiger partial charge in [0.25, 0.3) is 0 Å². The van der Waals surface area contributed by atoms with Crippen LogP contribution >= 0.6 is 0 Å². The highest BCUT2D eigenvalue weighted by atomic mass is 16.6. The molecule has 11 nitrogen and oxygen atoms in total. The molecule has 2 aliphatic carbocycles. The van der Waals surface area contributed by atoms with Crippen molar-refractivity contribution in [3.8, 4) is 11.6 Å². The average Bonchev–Trinajstić information content (AvgIpc) is 3.34. The third kappa shape index (κ3) is 6.21. The lowest BCUT2D eigenvalue weighted by atomic mass is 9.94. The van der Waals surface area contributed by atoms with Crippen molar-refractivity contribution in [2.45, 2.75) is 102 Å². The van der Waals surface area contributed by atoms with Crippen molar-refractivity contribution in [2.24, 2.45) is 17.8 Å². The molecule has 6 atom stereocenters. The second-order valence-corrected chi connectivity index (χ2v) is 12.5. The number of nitrogens with one attached hydrogen (secondary N) is 1. The largest absolute Gasteiger partial charge is 0.497 e. The number of methoxy groups -OCH3 is 1. The van der Waals surface area contributed by atoms with Gasteiger partial charge in [0.1, 0.15) is 35.7 Å². The van der Waals surface area contributed by atoms with Crippen molar-refractivity contribution in [1.82, 2.24) is 20.2 Å². The van der Waals surface area contributed by atoms with E-state index in [1.807, 2.05) is 25.1 Å². The third-order valence-electron chi connectivity index (χ3n) is 9.79. The van der Waals surface area contributed by atoms with E-state index in [1.165, 1.54) is 4.90 Å². The molecule has 0 spiro atoms. The van der Waals surface area contributed by atoms with Crippen LogP contribution in [0.25, 0.3) is 11.0 Å². The first kappa shape index (κ1) is 29.4. The second kappa shape index (κ2) is 12.5. The fourth-order valence-electron chi connectivity index (χ4n) is 7.31. The number of hydrogen-bond donors (Lipinski definition) is 2. The minimum Gasteiger partial charge on any atom is -0.497 e. The zero-order chi connectivity index (χ0) is 30.1. The lowest BCUT2D eigenvalue weighted by Gasteiger charge is -2.31. The first-order valence-electron chi connectivity index (χ1n) is 15.9. The molecule has 2 aliphatic heterocycles. The number of aryl methyl sites for hydroxylation is 1. The summed E-state index contributed by atoms with van der Waals surface area (Å²) < 4.78 is 17.7. The number of nitrogens with zero attached hydrogens (tertiary/aromatic N) is 3. The van der Waals surface area contributed by atoms with E-state index in [9.17, 15) is 19.5 Å². The van der Waals surface area contributed by atoms with Gasteiger partial charge in [-0.3, -0.25) is 4.79 Å². The number of amides is 2. The summed E-state index contributed by atoms with van der Waals surface area (Å²) in [5.41, 5.74) is 2.09. The maximum atomic E-state index is 14.2. The SMILES string of the molecule is CCC1[C@@H]2CN(C(=O)[C@H](C3CCCC3)NC(=O)O[C@@H]3C[C@H]3CCCCCc3nc4ccc(OC)cc4nc3O2)[C@@H]1C(=O)O. The van der Waals surface area contributed by atoms with Crippen molar-refractivity contribution >= 4 is 29.0 Å². The van der Waals surface area contributed by atoms with Gasteiger partial charge in [0.2, 0.25) is 11.8 Å². The molecule has 2 saturated carbocycles. The van der Waals surface area contributed by atoms with E-state index < -0.39 is 36.2 Å². The molecule has 1 aromatic heterocycles. The van der Waals surface area contributed by atoms with Crippen LogP contribution in [0, 0.1) is 17.8 Å². The number of fused-ring (bicyclic) bond motifs is 5. The van der Waals surface area contributed by atoms with Gasteiger partial charge in [-0.15, -0.1) is 0 Å². The van der Waals surface area contributed by atoms with Gasteiger partial charge in [-0.25, -0.2) is 19.6 Å². The Kier molecular flexibility index (Phi) is 8.59. The Labute approximate surface area is 251 Å². The van der Waals surface area contributed by atoms with Crippen molar-refractivity contribution < 1.29 is 33.7 Å². The summed E-state index contributed by atoms with van der Waals surface area (Å²) in [4.78, 5) is 51.0. The number of rotatable bonds is 4. The molecule has 6 rings (SSSR count). The van der Waals surface area contributed by atoms with Gasteiger partial charge in [-0.2, -0.15) is 0 Å². The van der Waals surface area contributed by atoms with Gasteiger partial charge >= 0.3 is 12.1 Å². The Morgan fingerprint density at radius 2 is 1.79 bits per heavy atom. The number of aromatic nitrogens is 2. The van der Waals surface area contributed by atoms with Crippen LogP contribution in [0.3, 0.4) is 0 Å². The van der Waals surface area contributed by atoms with Crippen LogP contribution < -0.4 is 14.8 Å². The van der Waals surface area contributed by atoms with Crippen LogP contribution in [-0.2, 0) is 20.7 Å². The molecule has 1 saturated heterocycles. The van der Waals surface area contributed by atoms with Crippen LogP contribution in [0.2, 0.25) is 0 Å². The van der Waals surface area contributed by atoms with Gasteiger partial charge in [0, 0.05) is 12.0 Å². The predicted molar refractivity (Wildman–Crippen MR) is 157 cm³/mol. The Hall–Kier alpha value is -3.63. The van der Waals surface area contributed by atoms with E-state index in [4.69, 9.17) is 24.2 Å². The first-order valence-corrected chi connectivity index (χ1v) is 15.9. The van der Waals surface area contributed by atoms with Crippen LogP contribution in [-0.4, -0.2) is 75.9 Å². The minimum atomic E-state index is -1.09. The molecule has 2 amide bonds. The van der Waals surface area contributed by atoms with Gasteiger partial charge in [-0.05, 0) is 68.9 Å². The van der Waals surface area contributed by atoms with Crippen LogP contribution in [0.1, 0.15) is 76.8 Å². The minimum absolute atomic E-state index is 0.0666. The third-order valence-corrected chi connectivity index (χ3v) is 9.79. The molecule has 3 fully saturated rings. The van der Waals surface area contributed by atoms with E-state index in [0.29, 0.717) is 35.9 Å². The van der Waals surface area contributed by atoms with Crippen molar-refractivity contribution in [3.05, 3.63) is 23.9 Å². The van der Waals surface area contributed by atoms with E-state index in [1.54, 1.807) is 7.11 Å². The van der Waals surface area contributed by atoms with Gasteiger partial charge < -0.3 is 29.5 Å². The zero-order valence-electron chi connectivity index (χ0n) is 25.0. The highest BCUT2D eigenvalue weighted by Crippen LogP contribution is 2.39. The Bertz CT molecular complexity index is 1360. The van der Waals surface area contributed by atoms with Crippen molar-refractivity contribution in [1.29, 1.82) is 0 Å². The molecule has 4 aliphatic rings. The normalized spacial score (nSPS) is 30.3. The van der Waals surface area contributed by atoms with Gasteiger partial charge in [0.05, 0.1) is 24.7 Å². The van der Waals surface area contributed by atoms with Crippen molar-refractivity contribution in [3.63, 3.8) is 0 Å². The topological polar surface area (TPSA) is 140 Å². The highest BCUT2D eigenvalue weighted by Gasteiger charge is 2.51. The fraction of sp³-hybridized carbons (Fsp3) is 0.656. The van der Waals surface area contributed by atoms with Gasteiger partial charge in [0.15, 0.2) is 0 Å². The van der Waals surface area contributed by atoms with Crippen LogP contribution in [0.5, 0.6) is 11.6 Å². The number of aliphatic carboxylic acids is 1. The summed E-state index contributed by atoms with van der Waals surface area (Å²) in [6.45, 7) is 1.99. The molecular formula is C32H42N4O7. The maximum Gasteiger partial charge on any atom is 0.408 e. The number of benzene rings is 1. The van der Waals surface area contributed by atoms with Crippen LogP contribution in [0.15, 0.2) is 18.2 Å². The van der Waals surface area contributed by atoms with E-state index in [0.717, 1.165) is 69.0 Å². The molecule has 0 radical (unpaired) electrons. The quantitative estimate of drug-likeness (QED) is 0.524. The number of alkyl carbamates (subject to hydrolysis) is 1. The van der Waals surface area contributed by atoms with Gasteiger partial charge in [-0.1, -0.05) is 32.6 Å².